The molecule has 0 saturated heterocycles. The summed E-state index contributed by atoms with van der Waals surface area (Å²) >= 11 is 0. The Morgan fingerprint density at radius 2 is 1.81 bits per heavy atom. The molecule has 0 aliphatic heterocycles. The average Bonchev–Trinajstić information content (AvgIpc) is 2.39. The van der Waals surface area contributed by atoms with Gasteiger partial charge in [-0.1, -0.05) is 0 Å². The number of pyridine rings is 1. The maximum absolute atomic E-state index is 4.36. The Bertz CT molecular complexity index is 438. The van der Waals surface area contributed by atoms with E-state index in [-0.39, 0.29) is 0 Å². The Labute approximate surface area is 94.0 Å². The minimum Gasteiger partial charge on any atom is -0.373 e. The summed E-state index contributed by atoms with van der Waals surface area (Å²) in [5.41, 5.74) is 1.89. The Kier molecular flexibility index (Phi) is 2.95. The molecule has 2 heterocycles. The van der Waals surface area contributed by atoms with Crippen molar-refractivity contribution in [3.05, 3.63) is 30.6 Å². The molecule has 0 unspecified atom stereocenters. The highest BCUT2D eigenvalue weighted by Crippen LogP contribution is 2.19. The molecule has 2 N–H and O–H groups in total. The third kappa shape index (κ3) is 2.08. The Morgan fingerprint density at radius 1 is 1.00 bits per heavy atom. The van der Waals surface area contributed by atoms with Crippen LogP contribution in [0, 0.1) is 0 Å². The number of nitrogens with zero attached hydrogens (tertiary/aromatic N) is 3. The molecule has 0 amide bonds. The number of aromatic nitrogens is 3. The molecule has 82 valence electrons. The fourth-order valence-electron chi connectivity index (χ4n) is 1.37. The van der Waals surface area contributed by atoms with Crippen molar-refractivity contribution in [3.63, 3.8) is 0 Å². The summed E-state index contributed by atoms with van der Waals surface area (Å²) < 4.78 is 0. The zero-order valence-corrected chi connectivity index (χ0v) is 9.23. The van der Waals surface area contributed by atoms with Crippen LogP contribution in [0.15, 0.2) is 30.6 Å². The summed E-state index contributed by atoms with van der Waals surface area (Å²) in [7, 11) is 3.63. The van der Waals surface area contributed by atoms with Crippen molar-refractivity contribution in [3.8, 4) is 11.3 Å². The van der Waals surface area contributed by atoms with Crippen molar-refractivity contribution in [2.75, 3.05) is 24.7 Å². The number of rotatable bonds is 3. The van der Waals surface area contributed by atoms with Gasteiger partial charge in [-0.3, -0.25) is 0 Å². The second-order valence-corrected chi connectivity index (χ2v) is 3.20. The summed E-state index contributed by atoms with van der Waals surface area (Å²) in [5, 5.41) is 5.91. The monoisotopic (exact) mass is 215 g/mol. The predicted octanol–water partition coefficient (Wildman–Crippen LogP) is 1.62. The highest BCUT2D eigenvalue weighted by molar-refractivity contribution is 5.63. The first-order valence-corrected chi connectivity index (χ1v) is 4.98. The van der Waals surface area contributed by atoms with Crippen molar-refractivity contribution in [1.29, 1.82) is 0 Å². The molecule has 0 bridgehead atoms. The minimum absolute atomic E-state index is 0.611. The Hall–Kier alpha value is -2.17. The van der Waals surface area contributed by atoms with Crippen LogP contribution in [0.2, 0.25) is 0 Å². The van der Waals surface area contributed by atoms with Crippen LogP contribution in [-0.4, -0.2) is 29.0 Å². The lowest BCUT2D eigenvalue weighted by Crippen LogP contribution is -1.97. The largest absolute Gasteiger partial charge is 0.373 e. The number of hydrogen-bond donors (Lipinski definition) is 2. The van der Waals surface area contributed by atoms with Crippen LogP contribution in [0.5, 0.6) is 0 Å². The van der Waals surface area contributed by atoms with E-state index in [1.54, 1.807) is 19.4 Å². The Morgan fingerprint density at radius 3 is 2.56 bits per heavy atom. The summed E-state index contributed by atoms with van der Waals surface area (Å²) in [6.07, 6.45) is 3.48. The van der Waals surface area contributed by atoms with Crippen molar-refractivity contribution >= 4 is 11.8 Å². The zero-order valence-electron chi connectivity index (χ0n) is 9.23. The molecule has 0 fully saturated rings. The third-order valence-electron chi connectivity index (χ3n) is 2.19. The first kappa shape index (κ1) is 10.4. The molecule has 0 atom stereocenters. The first-order chi connectivity index (χ1) is 7.83. The quantitative estimate of drug-likeness (QED) is 0.814. The molecule has 2 rings (SSSR count). The van der Waals surface area contributed by atoms with E-state index in [0.29, 0.717) is 5.95 Å². The van der Waals surface area contributed by atoms with Crippen LogP contribution in [0.3, 0.4) is 0 Å². The number of anilines is 2. The van der Waals surface area contributed by atoms with Gasteiger partial charge in [0.15, 0.2) is 0 Å². The third-order valence-corrected chi connectivity index (χ3v) is 2.19. The van der Waals surface area contributed by atoms with Gasteiger partial charge in [-0.05, 0) is 18.2 Å². The lowest BCUT2D eigenvalue weighted by Gasteiger charge is -2.04. The lowest BCUT2D eigenvalue weighted by molar-refractivity contribution is 1.15. The standard InChI is InChI=1S/C11H13N5/c1-12-10-7-8(3-5-14-10)9-4-6-15-11(13-2)16-9/h3-7H,1-2H3,(H,12,14)(H,13,15,16). The molecule has 0 aliphatic rings. The van der Waals surface area contributed by atoms with Crippen molar-refractivity contribution in [2.24, 2.45) is 0 Å². The SMILES string of the molecule is CNc1cc(-c2ccnc(NC)n2)ccn1. The van der Waals surface area contributed by atoms with E-state index >= 15 is 0 Å². The van der Waals surface area contributed by atoms with Crippen LogP contribution in [0.4, 0.5) is 11.8 Å². The van der Waals surface area contributed by atoms with Crippen LogP contribution in [0.25, 0.3) is 11.3 Å². The van der Waals surface area contributed by atoms with Gasteiger partial charge >= 0.3 is 0 Å². The van der Waals surface area contributed by atoms with Crippen molar-refractivity contribution < 1.29 is 0 Å². The van der Waals surface area contributed by atoms with Gasteiger partial charge < -0.3 is 10.6 Å². The molecule has 0 spiro atoms. The van der Waals surface area contributed by atoms with Crippen LogP contribution in [-0.2, 0) is 0 Å². The molecule has 0 saturated carbocycles. The van der Waals surface area contributed by atoms with Gasteiger partial charge in [0.25, 0.3) is 0 Å². The van der Waals surface area contributed by atoms with Crippen LogP contribution >= 0.6 is 0 Å². The summed E-state index contributed by atoms with van der Waals surface area (Å²) in [6.45, 7) is 0. The highest BCUT2D eigenvalue weighted by atomic mass is 15.1. The summed E-state index contributed by atoms with van der Waals surface area (Å²) in [6, 6.07) is 5.74. The van der Waals surface area contributed by atoms with Gasteiger partial charge in [-0.15, -0.1) is 0 Å². The number of nitrogens with one attached hydrogen (secondary N) is 2. The van der Waals surface area contributed by atoms with Gasteiger partial charge in [0.1, 0.15) is 5.82 Å². The van der Waals surface area contributed by atoms with Gasteiger partial charge in [0.2, 0.25) is 5.95 Å². The van der Waals surface area contributed by atoms with E-state index in [0.717, 1.165) is 17.1 Å². The van der Waals surface area contributed by atoms with Crippen molar-refractivity contribution in [2.45, 2.75) is 0 Å². The molecule has 0 radical (unpaired) electrons. The molecular weight excluding hydrogens is 202 g/mol. The van der Waals surface area contributed by atoms with Crippen LogP contribution < -0.4 is 10.6 Å². The second-order valence-electron chi connectivity index (χ2n) is 3.20. The smallest absolute Gasteiger partial charge is 0.222 e. The first-order valence-electron chi connectivity index (χ1n) is 4.98. The van der Waals surface area contributed by atoms with E-state index in [1.807, 2.05) is 25.2 Å². The second kappa shape index (κ2) is 4.57. The fraction of sp³-hybridized carbons (Fsp3) is 0.182. The van der Waals surface area contributed by atoms with E-state index in [9.17, 15) is 0 Å². The van der Waals surface area contributed by atoms with E-state index in [1.165, 1.54) is 0 Å². The minimum atomic E-state index is 0.611. The molecule has 2 aromatic rings. The highest BCUT2D eigenvalue weighted by Gasteiger charge is 2.02. The summed E-state index contributed by atoms with van der Waals surface area (Å²) in [4.78, 5) is 12.6. The Balaban J connectivity index is 2.41. The average molecular weight is 215 g/mol. The fourth-order valence-corrected chi connectivity index (χ4v) is 1.37. The van der Waals surface area contributed by atoms with Gasteiger partial charge in [0.05, 0.1) is 5.69 Å². The maximum atomic E-state index is 4.36. The van der Waals surface area contributed by atoms with Gasteiger partial charge in [0, 0.05) is 32.1 Å². The molecule has 0 aliphatic carbocycles. The molecular formula is C11H13N5. The molecule has 0 aromatic carbocycles. The molecule has 16 heavy (non-hydrogen) atoms. The van der Waals surface area contributed by atoms with Gasteiger partial charge in [-0.25, -0.2) is 15.0 Å². The predicted molar refractivity (Wildman–Crippen MR) is 64.4 cm³/mol. The van der Waals surface area contributed by atoms with E-state index in [4.69, 9.17) is 0 Å². The molecule has 5 nitrogen and oxygen atoms in total. The topological polar surface area (TPSA) is 62.7 Å². The lowest BCUT2D eigenvalue weighted by atomic mass is 10.2. The van der Waals surface area contributed by atoms with Crippen molar-refractivity contribution in [1.82, 2.24) is 15.0 Å². The maximum Gasteiger partial charge on any atom is 0.222 e. The summed E-state index contributed by atoms with van der Waals surface area (Å²) in [5.74, 6) is 1.43. The molecule has 5 heteroatoms. The number of hydrogen-bond acceptors (Lipinski definition) is 5. The molecule has 2 aromatic heterocycles. The van der Waals surface area contributed by atoms with Gasteiger partial charge in [-0.2, -0.15) is 0 Å². The van der Waals surface area contributed by atoms with E-state index in [2.05, 4.69) is 25.6 Å². The normalized spacial score (nSPS) is 9.88. The van der Waals surface area contributed by atoms with E-state index < -0.39 is 0 Å². The van der Waals surface area contributed by atoms with Crippen LogP contribution in [0.1, 0.15) is 0 Å². The zero-order chi connectivity index (χ0) is 11.4.